The van der Waals surface area contributed by atoms with Crippen molar-refractivity contribution in [3.8, 4) is 0 Å². The molecule has 1 aliphatic heterocycles. The first-order valence-corrected chi connectivity index (χ1v) is 8.37. The van der Waals surface area contributed by atoms with E-state index in [1.807, 2.05) is 32.6 Å². The summed E-state index contributed by atoms with van der Waals surface area (Å²) in [5, 5.41) is 9.72. The van der Waals surface area contributed by atoms with E-state index in [0.717, 1.165) is 38.8 Å². The summed E-state index contributed by atoms with van der Waals surface area (Å²) in [5.74, 6) is 0.472. The second-order valence-electron chi connectivity index (χ2n) is 8.05. The predicted molar refractivity (Wildman–Crippen MR) is 83.1 cm³/mol. The van der Waals surface area contributed by atoms with Gasteiger partial charge in [0.25, 0.3) is 0 Å². The van der Waals surface area contributed by atoms with E-state index in [9.17, 15) is 9.90 Å². The lowest BCUT2D eigenvalue weighted by Gasteiger charge is -2.46. The van der Waals surface area contributed by atoms with E-state index in [2.05, 4.69) is 0 Å². The second-order valence-corrected chi connectivity index (χ2v) is 8.05. The van der Waals surface area contributed by atoms with Gasteiger partial charge in [-0.15, -0.1) is 0 Å². The number of piperidine rings is 1. The first kappa shape index (κ1) is 16.6. The van der Waals surface area contributed by atoms with Crippen LogP contribution in [-0.2, 0) is 4.74 Å². The van der Waals surface area contributed by atoms with Crippen LogP contribution in [0.2, 0.25) is 0 Å². The fraction of sp³-hybridized carbons (Fsp3) is 0.941. The lowest BCUT2D eigenvalue weighted by molar-refractivity contribution is -0.00619. The third kappa shape index (κ3) is 4.35. The van der Waals surface area contributed by atoms with Gasteiger partial charge in [0.05, 0.1) is 6.10 Å². The van der Waals surface area contributed by atoms with Crippen LogP contribution in [0.4, 0.5) is 4.79 Å². The molecular weight excluding hydrogens is 266 g/mol. The van der Waals surface area contributed by atoms with Crippen molar-refractivity contribution in [1.29, 1.82) is 0 Å². The first-order valence-electron chi connectivity index (χ1n) is 8.37. The van der Waals surface area contributed by atoms with E-state index in [1.165, 1.54) is 12.8 Å². The van der Waals surface area contributed by atoms with E-state index in [0.29, 0.717) is 11.3 Å². The summed E-state index contributed by atoms with van der Waals surface area (Å²) in [4.78, 5) is 14.0. The van der Waals surface area contributed by atoms with Crippen LogP contribution in [-0.4, -0.2) is 40.9 Å². The number of nitrogens with zero attached hydrogens (tertiary/aromatic N) is 1. The Morgan fingerprint density at radius 3 is 2.14 bits per heavy atom. The monoisotopic (exact) mass is 297 g/mol. The molecule has 0 aromatic rings. The van der Waals surface area contributed by atoms with E-state index >= 15 is 0 Å². The Kier molecular flexibility index (Phi) is 4.86. The zero-order chi connectivity index (χ0) is 15.7. The Bertz CT molecular complexity index is 355. The summed E-state index contributed by atoms with van der Waals surface area (Å²) in [6.07, 6.45) is 6.47. The molecule has 1 N–H and O–H groups in total. The number of hydrogen-bond acceptors (Lipinski definition) is 3. The van der Waals surface area contributed by atoms with Gasteiger partial charge < -0.3 is 14.7 Å². The van der Waals surface area contributed by atoms with E-state index in [1.54, 1.807) is 0 Å². The number of ether oxygens (including phenoxy) is 1. The number of hydrogen-bond donors (Lipinski definition) is 1. The molecule has 0 bridgehead atoms. The molecule has 1 amide bonds. The van der Waals surface area contributed by atoms with Gasteiger partial charge in [-0.1, -0.05) is 0 Å². The van der Waals surface area contributed by atoms with Gasteiger partial charge in [-0.05, 0) is 77.6 Å². The quantitative estimate of drug-likeness (QED) is 0.805. The molecular formula is C17H31NO3. The van der Waals surface area contributed by atoms with Crippen LogP contribution < -0.4 is 0 Å². The fourth-order valence-corrected chi connectivity index (χ4v) is 3.73. The molecule has 0 aromatic carbocycles. The molecule has 1 spiro atoms. The Hall–Kier alpha value is -0.770. The number of amides is 1. The minimum atomic E-state index is -0.415. The third-order valence-electron chi connectivity index (χ3n) is 5.25. The van der Waals surface area contributed by atoms with Gasteiger partial charge >= 0.3 is 6.09 Å². The smallest absolute Gasteiger partial charge is 0.410 e. The summed E-state index contributed by atoms with van der Waals surface area (Å²) in [7, 11) is 0. The summed E-state index contributed by atoms with van der Waals surface area (Å²) < 4.78 is 5.46. The van der Waals surface area contributed by atoms with Crippen LogP contribution in [0.1, 0.15) is 66.2 Å². The molecule has 0 aromatic heterocycles. The topological polar surface area (TPSA) is 49.8 Å². The standard InChI is InChI=1S/C17H31NO3/c1-13(19)14-5-7-17(8-6-14)9-11-18(12-10-17)15(20)21-16(2,3)4/h13-14,19H,5-12H2,1-4H3/t13-/m1/s1. The minimum absolute atomic E-state index is 0.171. The first-order chi connectivity index (χ1) is 9.71. The Morgan fingerprint density at radius 1 is 1.19 bits per heavy atom. The van der Waals surface area contributed by atoms with Gasteiger partial charge in [0.2, 0.25) is 0 Å². The van der Waals surface area contributed by atoms with Gasteiger partial charge in [-0.2, -0.15) is 0 Å². The molecule has 1 saturated heterocycles. The van der Waals surface area contributed by atoms with Crippen molar-refractivity contribution in [2.75, 3.05) is 13.1 Å². The molecule has 4 nitrogen and oxygen atoms in total. The molecule has 1 saturated carbocycles. The molecule has 2 rings (SSSR count). The van der Waals surface area contributed by atoms with Crippen LogP contribution in [0.25, 0.3) is 0 Å². The molecule has 1 atom stereocenters. The second kappa shape index (κ2) is 6.15. The average molecular weight is 297 g/mol. The van der Waals surface area contributed by atoms with Crippen molar-refractivity contribution >= 4 is 6.09 Å². The fourth-order valence-electron chi connectivity index (χ4n) is 3.73. The average Bonchev–Trinajstić information content (AvgIpc) is 2.38. The number of carbonyl (C=O) groups is 1. The Labute approximate surface area is 128 Å². The van der Waals surface area contributed by atoms with Gasteiger partial charge in [0.15, 0.2) is 0 Å². The maximum Gasteiger partial charge on any atom is 0.410 e. The molecule has 2 aliphatic rings. The highest BCUT2D eigenvalue weighted by molar-refractivity contribution is 5.68. The molecule has 122 valence electrons. The van der Waals surface area contributed by atoms with Gasteiger partial charge in [-0.25, -0.2) is 4.79 Å². The normalized spacial score (nSPS) is 24.9. The zero-order valence-corrected chi connectivity index (χ0v) is 14.0. The van der Waals surface area contributed by atoms with E-state index in [-0.39, 0.29) is 12.2 Å². The lowest BCUT2D eigenvalue weighted by Crippen LogP contribution is -2.46. The van der Waals surface area contributed by atoms with Gasteiger partial charge in [0.1, 0.15) is 5.60 Å². The summed E-state index contributed by atoms with van der Waals surface area (Å²) in [5.41, 5.74) is -0.00849. The van der Waals surface area contributed by atoms with Crippen molar-refractivity contribution in [2.45, 2.75) is 77.9 Å². The maximum atomic E-state index is 12.1. The lowest BCUT2D eigenvalue weighted by atomic mass is 9.65. The largest absolute Gasteiger partial charge is 0.444 e. The van der Waals surface area contributed by atoms with Crippen molar-refractivity contribution in [3.05, 3.63) is 0 Å². The molecule has 0 unspecified atom stereocenters. The van der Waals surface area contributed by atoms with Crippen LogP contribution in [0.3, 0.4) is 0 Å². The van der Waals surface area contributed by atoms with Gasteiger partial charge in [0, 0.05) is 13.1 Å². The Morgan fingerprint density at radius 2 is 1.71 bits per heavy atom. The van der Waals surface area contributed by atoms with Crippen LogP contribution >= 0.6 is 0 Å². The van der Waals surface area contributed by atoms with E-state index in [4.69, 9.17) is 4.74 Å². The highest BCUT2D eigenvalue weighted by Crippen LogP contribution is 2.47. The summed E-state index contributed by atoms with van der Waals surface area (Å²) in [6.45, 7) is 9.27. The Balaban J connectivity index is 1.82. The number of rotatable bonds is 1. The summed E-state index contributed by atoms with van der Waals surface area (Å²) >= 11 is 0. The molecule has 21 heavy (non-hydrogen) atoms. The number of aliphatic hydroxyl groups excluding tert-OH is 1. The van der Waals surface area contributed by atoms with Crippen LogP contribution in [0.5, 0.6) is 0 Å². The molecule has 4 heteroatoms. The van der Waals surface area contributed by atoms with Gasteiger partial charge in [-0.3, -0.25) is 0 Å². The van der Waals surface area contributed by atoms with E-state index < -0.39 is 5.60 Å². The van der Waals surface area contributed by atoms with Crippen LogP contribution in [0, 0.1) is 11.3 Å². The number of likely N-dealkylation sites (tertiary alicyclic amines) is 1. The van der Waals surface area contributed by atoms with Crippen molar-refractivity contribution in [1.82, 2.24) is 4.90 Å². The number of carbonyl (C=O) groups excluding carboxylic acids is 1. The highest BCUT2D eigenvalue weighted by atomic mass is 16.6. The highest BCUT2D eigenvalue weighted by Gasteiger charge is 2.40. The zero-order valence-electron chi connectivity index (χ0n) is 14.0. The summed E-state index contributed by atoms with van der Waals surface area (Å²) in [6, 6.07) is 0. The van der Waals surface area contributed by atoms with Crippen molar-refractivity contribution in [3.63, 3.8) is 0 Å². The maximum absolute atomic E-state index is 12.1. The third-order valence-corrected chi connectivity index (χ3v) is 5.25. The van der Waals surface area contributed by atoms with Crippen molar-refractivity contribution in [2.24, 2.45) is 11.3 Å². The molecule has 1 aliphatic carbocycles. The predicted octanol–water partition coefficient (Wildman–Crippen LogP) is 3.57. The SMILES string of the molecule is C[C@@H](O)C1CCC2(CC1)CCN(C(=O)OC(C)(C)C)CC2. The molecule has 2 fully saturated rings. The van der Waals surface area contributed by atoms with Crippen molar-refractivity contribution < 1.29 is 14.6 Å². The molecule has 1 heterocycles. The molecule has 0 radical (unpaired) electrons. The van der Waals surface area contributed by atoms with Crippen LogP contribution in [0.15, 0.2) is 0 Å². The number of aliphatic hydroxyl groups is 1. The minimum Gasteiger partial charge on any atom is -0.444 e.